The van der Waals surface area contributed by atoms with Crippen LogP contribution in [0.15, 0.2) is 12.1 Å². The van der Waals surface area contributed by atoms with Crippen molar-refractivity contribution >= 4 is 5.69 Å². The highest BCUT2D eigenvalue weighted by molar-refractivity contribution is 5.62. The first-order chi connectivity index (χ1) is 8.65. The van der Waals surface area contributed by atoms with Crippen molar-refractivity contribution in [1.82, 2.24) is 0 Å². The molecule has 4 heteroatoms. The Morgan fingerprint density at radius 3 is 2.06 bits per heavy atom. The van der Waals surface area contributed by atoms with E-state index in [0.29, 0.717) is 19.6 Å². The molecular weight excluding hydrogens is 224 g/mol. The van der Waals surface area contributed by atoms with Gasteiger partial charge >= 0.3 is 0 Å². The minimum atomic E-state index is 0.634. The molecule has 0 amide bonds. The maximum atomic E-state index is 5.70. The zero-order valence-corrected chi connectivity index (χ0v) is 11.6. The SMILES string of the molecule is Cc1ccc(CCN)c(N(CCN)CCN)c1C. The van der Waals surface area contributed by atoms with Crippen LogP contribution in [-0.2, 0) is 6.42 Å². The van der Waals surface area contributed by atoms with E-state index in [9.17, 15) is 0 Å². The second-order valence-corrected chi connectivity index (χ2v) is 4.62. The van der Waals surface area contributed by atoms with Gasteiger partial charge in [-0.3, -0.25) is 0 Å². The third-order valence-electron chi connectivity index (χ3n) is 3.31. The molecule has 0 aliphatic rings. The number of hydrogen-bond donors (Lipinski definition) is 3. The van der Waals surface area contributed by atoms with Gasteiger partial charge in [0.25, 0.3) is 0 Å². The third kappa shape index (κ3) is 3.45. The van der Waals surface area contributed by atoms with E-state index < -0.39 is 0 Å². The summed E-state index contributed by atoms with van der Waals surface area (Å²) in [5.41, 5.74) is 22.3. The van der Waals surface area contributed by atoms with Gasteiger partial charge in [0.05, 0.1) is 0 Å². The number of anilines is 1. The molecule has 0 heterocycles. The van der Waals surface area contributed by atoms with Crippen LogP contribution in [0.5, 0.6) is 0 Å². The number of nitrogens with two attached hydrogens (primary N) is 3. The minimum absolute atomic E-state index is 0.634. The summed E-state index contributed by atoms with van der Waals surface area (Å²) < 4.78 is 0. The van der Waals surface area contributed by atoms with Crippen LogP contribution in [0.25, 0.3) is 0 Å². The fourth-order valence-corrected chi connectivity index (χ4v) is 2.30. The Hall–Kier alpha value is -1.10. The van der Waals surface area contributed by atoms with Gasteiger partial charge in [0.15, 0.2) is 0 Å². The normalized spacial score (nSPS) is 10.7. The zero-order chi connectivity index (χ0) is 13.5. The topological polar surface area (TPSA) is 81.3 Å². The Morgan fingerprint density at radius 2 is 1.56 bits per heavy atom. The molecule has 0 aliphatic heterocycles. The summed E-state index contributed by atoms with van der Waals surface area (Å²) in [5, 5.41) is 0. The van der Waals surface area contributed by atoms with Crippen LogP contribution >= 0.6 is 0 Å². The minimum Gasteiger partial charge on any atom is -0.369 e. The van der Waals surface area contributed by atoms with Gasteiger partial charge < -0.3 is 22.1 Å². The van der Waals surface area contributed by atoms with E-state index >= 15 is 0 Å². The van der Waals surface area contributed by atoms with Crippen LogP contribution in [0.2, 0.25) is 0 Å². The van der Waals surface area contributed by atoms with Crippen molar-refractivity contribution in [1.29, 1.82) is 0 Å². The Kier molecular flexibility index (Phi) is 6.12. The lowest BCUT2D eigenvalue weighted by Gasteiger charge is -2.29. The molecule has 18 heavy (non-hydrogen) atoms. The monoisotopic (exact) mass is 250 g/mol. The molecule has 102 valence electrons. The first kappa shape index (κ1) is 15.0. The largest absolute Gasteiger partial charge is 0.369 e. The highest BCUT2D eigenvalue weighted by Crippen LogP contribution is 2.28. The number of rotatable bonds is 7. The molecule has 0 radical (unpaired) electrons. The molecule has 0 atom stereocenters. The standard InChI is InChI=1S/C14H26N4/c1-11-3-4-13(5-6-15)14(12(11)2)18(9-7-16)10-8-17/h3-4H,5-10,15-17H2,1-2H3. The van der Waals surface area contributed by atoms with Crippen LogP contribution in [0.4, 0.5) is 5.69 Å². The number of aryl methyl sites for hydroxylation is 1. The molecule has 0 aliphatic carbocycles. The summed E-state index contributed by atoms with van der Waals surface area (Å²) in [6.07, 6.45) is 0.891. The van der Waals surface area contributed by atoms with Crippen LogP contribution in [0.3, 0.4) is 0 Å². The van der Waals surface area contributed by atoms with Crippen molar-refractivity contribution in [2.45, 2.75) is 20.3 Å². The first-order valence-electron chi connectivity index (χ1n) is 6.60. The zero-order valence-electron chi connectivity index (χ0n) is 11.6. The van der Waals surface area contributed by atoms with E-state index in [1.807, 2.05) is 0 Å². The average molecular weight is 250 g/mol. The molecule has 0 unspecified atom stereocenters. The van der Waals surface area contributed by atoms with E-state index in [1.165, 1.54) is 22.4 Å². The van der Waals surface area contributed by atoms with E-state index in [0.717, 1.165) is 19.5 Å². The highest BCUT2D eigenvalue weighted by atomic mass is 15.1. The van der Waals surface area contributed by atoms with Crippen molar-refractivity contribution in [3.63, 3.8) is 0 Å². The fourth-order valence-electron chi connectivity index (χ4n) is 2.30. The van der Waals surface area contributed by atoms with Gasteiger partial charge in [-0.2, -0.15) is 0 Å². The van der Waals surface area contributed by atoms with Crippen molar-refractivity contribution in [2.24, 2.45) is 17.2 Å². The molecule has 1 rings (SSSR count). The average Bonchev–Trinajstić information content (AvgIpc) is 2.35. The summed E-state index contributed by atoms with van der Waals surface area (Å²) in [4.78, 5) is 2.29. The van der Waals surface area contributed by atoms with E-state index in [-0.39, 0.29) is 0 Å². The molecule has 0 spiro atoms. The summed E-state index contributed by atoms with van der Waals surface area (Å²) in [6, 6.07) is 4.33. The second kappa shape index (κ2) is 7.36. The quantitative estimate of drug-likeness (QED) is 0.659. The van der Waals surface area contributed by atoms with Crippen molar-refractivity contribution in [3.8, 4) is 0 Å². The lowest BCUT2D eigenvalue weighted by Crippen LogP contribution is -2.35. The third-order valence-corrected chi connectivity index (χ3v) is 3.31. The fraction of sp³-hybridized carbons (Fsp3) is 0.571. The van der Waals surface area contributed by atoms with Gasteiger partial charge in [-0.15, -0.1) is 0 Å². The van der Waals surface area contributed by atoms with E-state index in [4.69, 9.17) is 17.2 Å². The van der Waals surface area contributed by atoms with Crippen LogP contribution in [0, 0.1) is 13.8 Å². The second-order valence-electron chi connectivity index (χ2n) is 4.62. The molecule has 0 saturated carbocycles. The van der Waals surface area contributed by atoms with Gasteiger partial charge in [-0.1, -0.05) is 12.1 Å². The van der Waals surface area contributed by atoms with Crippen molar-refractivity contribution < 1.29 is 0 Å². The molecule has 1 aromatic rings. The maximum Gasteiger partial charge on any atom is 0.0432 e. The van der Waals surface area contributed by atoms with E-state index in [2.05, 4.69) is 30.9 Å². The predicted octanol–water partition coefficient (Wildman–Crippen LogP) is 0.528. The lowest BCUT2D eigenvalue weighted by molar-refractivity contribution is 0.771. The van der Waals surface area contributed by atoms with Crippen LogP contribution in [-0.4, -0.2) is 32.7 Å². The molecule has 0 bridgehead atoms. The summed E-state index contributed by atoms with van der Waals surface area (Å²) in [5.74, 6) is 0. The Morgan fingerprint density at radius 1 is 0.944 bits per heavy atom. The number of benzene rings is 1. The first-order valence-corrected chi connectivity index (χ1v) is 6.60. The lowest BCUT2D eigenvalue weighted by atomic mass is 9.99. The van der Waals surface area contributed by atoms with Gasteiger partial charge in [-0.25, -0.2) is 0 Å². The molecule has 0 aromatic heterocycles. The Bertz CT molecular complexity index is 370. The number of hydrogen-bond acceptors (Lipinski definition) is 4. The molecule has 1 aromatic carbocycles. The summed E-state index contributed by atoms with van der Waals surface area (Å²) >= 11 is 0. The van der Waals surface area contributed by atoms with Gasteiger partial charge in [0.1, 0.15) is 0 Å². The Labute approximate surface area is 110 Å². The molecule has 0 fully saturated rings. The van der Waals surface area contributed by atoms with Gasteiger partial charge in [0.2, 0.25) is 0 Å². The Balaban J connectivity index is 3.18. The molecule has 4 nitrogen and oxygen atoms in total. The molecular formula is C14H26N4. The smallest absolute Gasteiger partial charge is 0.0432 e. The van der Waals surface area contributed by atoms with Crippen LogP contribution in [0.1, 0.15) is 16.7 Å². The van der Waals surface area contributed by atoms with Crippen molar-refractivity contribution in [3.05, 3.63) is 28.8 Å². The van der Waals surface area contributed by atoms with Crippen LogP contribution < -0.4 is 22.1 Å². The predicted molar refractivity (Wildman–Crippen MR) is 79.0 cm³/mol. The van der Waals surface area contributed by atoms with Gasteiger partial charge in [0, 0.05) is 31.9 Å². The molecule has 0 saturated heterocycles. The summed E-state index contributed by atoms with van der Waals surface area (Å²) in [7, 11) is 0. The van der Waals surface area contributed by atoms with Gasteiger partial charge in [-0.05, 0) is 43.5 Å². The van der Waals surface area contributed by atoms with E-state index in [1.54, 1.807) is 0 Å². The number of nitrogens with zero attached hydrogens (tertiary/aromatic N) is 1. The highest BCUT2D eigenvalue weighted by Gasteiger charge is 2.14. The molecule has 6 N–H and O–H groups in total. The summed E-state index contributed by atoms with van der Waals surface area (Å²) in [6.45, 7) is 7.89. The maximum absolute atomic E-state index is 5.70. The van der Waals surface area contributed by atoms with Crippen molar-refractivity contribution in [2.75, 3.05) is 37.6 Å².